The molecule has 1 fully saturated rings. The zero-order chi connectivity index (χ0) is 31.1. The molecule has 1 aliphatic heterocycles. The Kier molecular flexibility index (Phi) is 10.2. The van der Waals surface area contributed by atoms with Crippen molar-refractivity contribution in [2.24, 2.45) is 5.92 Å². The molecule has 42 heavy (non-hydrogen) atoms. The smallest absolute Gasteiger partial charge is 0.475 e. The van der Waals surface area contributed by atoms with Crippen molar-refractivity contribution in [1.29, 1.82) is 0 Å². The number of carbonyl (C=O) groups excluding carboxylic acids is 1. The van der Waals surface area contributed by atoms with Gasteiger partial charge in [0.15, 0.2) is 0 Å². The number of pyridine rings is 2. The van der Waals surface area contributed by atoms with Crippen molar-refractivity contribution in [2.45, 2.75) is 30.9 Å². The summed E-state index contributed by atoms with van der Waals surface area (Å²) in [5, 5.41) is 17.6. The van der Waals surface area contributed by atoms with Crippen LogP contribution >= 0.6 is 0 Å². The Morgan fingerprint density at radius 1 is 0.786 bits per heavy atom. The standard InChI is InChI=1S/C23H22N4O.2C2HF3O2/c28-23(17-7-11-25-12-8-17)26-22-19-4-2-1-3-18(19)20-14-27(15-21(20)22)13-16-5-9-24-10-6-16;2*3-2(4,5)1(6)7/h1-12,20-22H,13-15H2,(H,26,28);2*(H,6,7)/t20-,21-,22+;;/m0../s1. The van der Waals surface area contributed by atoms with E-state index in [2.05, 4.69) is 56.6 Å². The summed E-state index contributed by atoms with van der Waals surface area (Å²) < 4.78 is 63.5. The Morgan fingerprint density at radius 2 is 1.26 bits per heavy atom. The third kappa shape index (κ3) is 8.49. The van der Waals surface area contributed by atoms with E-state index in [4.69, 9.17) is 19.8 Å². The maximum Gasteiger partial charge on any atom is 0.490 e. The van der Waals surface area contributed by atoms with Gasteiger partial charge in [0.05, 0.1) is 6.04 Å². The molecular weight excluding hydrogens is 574 g/mol. The highest BCUT2D eigenvalue weighted by Gasteiger charge is 2.46. The Labute approximate surface area is 234 Å². The number of aliphatic carboxylic acids is 2. The Morgan fingerprint density at radius 3 is 1.76 bits per heavy atom. The van der Waals surface area contributed by atoms with Crippen LogP contribution < -0.4 is 5.32 Å². The van der Waals surface area contributed by atoms with E-state index in [9.17, 15) is 31.1 Å². The molecule has 0 unspecified atom stereocenters. The number of rotatable bonds is 4. The van der Waals surface area contributed by atoms with Crippen LogP contribution in [0.15, 0.2) is 73.3 Å². The van der Waals surface area contributed by atoms with E-state index in [1.54, 1.807) is 24.5 Å². The van der Waals surface area contributed by atoms with E-state index < -0.39 is 24.3 Å². The topological polar surface area (TPSA) is 133 Å². The fraction of sp³-hybridized carbons (Fsp3) is 0.296. The predicted molar refractivity (Wildman–Crippen MR) is 134 cm³/mol. The lowest BCUT2D eigenvalue weighted by Gasteiger charge is -2.23. The van der Waals surface area contributed by atoms with Crippen molar-refractivity contribution in [3.05, 3.63) is 95.6 Å². The second-order valence-electron chi connectivity index (χ2n) is 9.24. The number of aromatic nitrogens is 2. The summed E-state index contributed by atoms with van der Waals surface area (Å²) in [6, 6.07) is 16.3. The van der Waals surface area contributed by atoms with Crippen molar-refractivity contribution in [2.75, 3.05) is 13.1 Å². The number of hydrogen-bond acceptors (Lipinski definition) is 6. The van der Waals surface area contributed by atoms with Crippen LogP contribution in [0.1, 0.15) is 39.0 Å². The third-order valence-corrected chi connectivity index (χ3v) is 6.47. The first kappa shape index (κ1) is 32.0. The van der Waals surface area contributed by atoms with E-state index in [0.29, 0.717) is 17.4 Å². The largest absolute Gasteiger partial charge is 0.490 e. The van der Waals surface area contributed by atoms with Crippen molar-refractivity contribution in [3.8, 4) is 0 Å². The lowest BCUT2D eigenvalue weighted by molar-refractivity contribution is -0.193. The number of halogens is 6. The molecule has 0 radical (unpaired) electrons. The Hall–Kier alpha value is -4.53. The molecule has 1 aromatic carbocycles. The molecule has 3 aromatic rings. The average Bonchev–Trinajstić information content (AvgIpc) is 3.47. The van der Waals surface area contributed by atoms with Crippen LogP contribution in [-0.4, -0.2) is 68.4 Å². The molecule has 0 saturated carbocycles. The number of carboxylic acids is 2. The monoisotopic (exact) mass is 598 g/mol. The first-order chi connectivity index (χ1) is 19.7. The number of nitrogens with one attached hydrogen (secondary N) is 1. The first-order valence-electron chi connectivity index (χ1n) is 12.2. The average molecular weight is 599 g/mol. The molecule has 5 rings (SSSR count). The van der Waals surface area contributed by atoms with Crippen molar-refractivity contribution >= 4 is 17.8 Å². The van der Waals surface area contributed by atoms with E-state index >= 15 is 0 Å². The summed E-state index contributed by atoms with van der Waals surface area (Å²) in [4.78, 5) is 41.2. The molecule has 3 N–H and O–H groups in total. The summed E-state index contributed by atoms with van der Waals surface area (Å²) in [5.74, 6) is -4.69. The number of hydrogen-bond donors (Lipinski definition) is 3. The van der Waals surface area contributed by atoms with Gasteiger partial charge in [-0.1, -0.05) is 24.3 Å². The van der Waals surface area contributed by atoms with Crippen LogP contribution in [0.3, 0.4) is 0 Å². The molecule has 1 amide bonds. The van der Waals surface area contributed by atoms with Crippen LogP contribution in [0, 0.1) is 5.92 Å². The molecule has 2 aromatic heterocycles. The second-order valence-corrected chi connectivity index (χ2v) is 9.24. The van der Waals surface area contributed by atoms with Gasteiger partial charge in [-0.05, 0) is 41.0 Å². The Balaban J connectivity index is 0.000000289. The minimum Gasteiger partial charge on any atom is -0.475 e. The second kappa shape index (κ2) is 13.4. The van der Waals surface area contributed by atoms with Crippen LogP contribution in [0.4, 0.5) is 26.3 Å². The summed E-state index contributed by atoms with van der Waals surface area (Å²) in [6.07, 6.45) is -3.16. The molecule has 1 aliphatic carbocycles. The van der Waals surface area contributed by atoms with E-state index in [-0.39, 0.29) is 11.9 Å². The maximum atomic E-state index is 12.8. The van der Waals surface area contributed by atoms with Crippen LogP contribution in [0.5, 0.6) is 0 Å². The van der Waals surface area contributed by atoms with Gasteiger partial charge in [-0.3, -0.25) is 19.7 Å². The highest BCUT2D eigenvalue weighted by atomic mass is 19.4. The molecule has 0 bridgehead atoms. The maximum absolute atomic E-state index is 12.8. The zero-order valence-corrected chi connectivity index (χ0v) is 21.5. The van der Waals surface area contributed by atoms with E-state index in [1.807, 2.05) is 12.4 Å². The number of benzene rings is 1. The number of nitrogens with zero attached hydrogens (tertiary/aromatic N) is 3. The number of alkyl halides is 6. The van der Waals surface area contributed by atoms with Gasteiger partial charge < -0.3 is 15.5 Å². The van der Waals surface area contributed by atoms with Gasteiger partial charge in [0.2, 0.25) is 0 Å². The highest BCUT2D eigenvalue weighted by Crippen LogP contribution is 2.49. The van der Waals surface area contributed by atoms with Gasteiger partial charge in [0, 0.05) is 61.8 Å². The van der Waals surface area contributed by atoms with Gasteiger partial charge in [-0.2, -0.15) is 26.3 Å². The molecule has 3 atom stereocenters. The summed E-state index contributed by atoms with van der Waals surface area (Å²) in [6.45, 7) is 2.91. The number of carbonyl (C=O) groups is 3. The van der Waals surface area contributed by atoms with Crippen LogP contribution in [0.2, 0.25) is 0 Å². The lowest BCUT2D eigenvalue weighted by Crippen LogP contribution is -2.33. The van der Waals surface area contributed by atoms with Crippen LogP contribution in [-0.2, 0) is 16.1 Å². The number of likely N-dealkylation sites (tertiary alicyclic amines) is 1. The summed E-state index contributed by atoms with van der Waals surface area (Å²) in [7, 11) is 0. The lowest BCUT2D eigenvalue weighted by atomic mass is 9.94. The van der Waals surface area contributed by atoms with Crippen LogP contribution in [0.25, 0.3) is 0 Å². The summed E-state index contributed by atoms with van der Waals surface area (Å²) >= 11 is 0. The van der Waals surface area contributed by atoms with Gasteiger partial charge in [-0.15, -0.1) is 0 Å². The molecule has 3 heterocycles. The first-order valence-corrected chi connectivity index (χ1v) is 12.2. The van der Waals surface area contributed by atoms with E-state index in [0.717, 1.165) is 19.6 Å². The van der Waals surface area contributed by atoms with Crippen molar-refractivity contribution < 1.29 is 50.9 Å². The molecular formula is C27H24F6N4O5. The Bertz CT molecular complexity index is 1350. The molecule has 15 heteroatoms. The fourth-order valence-electron chi connectivity index (χ4n) is 4.73. The molecule has 2 aliphatic rings. The minimum atomic E-state index is -5.08. The van der Waals surface area contributed by atoms with Gasteiger partial charge in [0.25, 0.3) is 5.91 Å². The molecule has 1 saturated heterocycles. The fourth-order valence-corrected chi connectivity index (χ4v) is 4.73. The normalized spacial score (nSPS) is 19.2. The van der Waals surface area contributed by atoms with Crippen molar-refractivity contribution in [3.63, 3.8) is 0 Å². The molecule has 224 valence electrons. The quantitative estimate of drug-likeness (QED) is 0.376. The highest BCUT2D eigenvalue weighted by molar-refractivity contribution is 5.94. The van der Waals surface area contributed by atoms with Gasteiger partial charge >= 0.3 is 24.3 Å². The number of fused-ring (bicyclic) bond motifs is 3. The SMILES string of the molecule is O=C(N[C@@H]1c2ccccc2[C@@H]2CN(Cc3ccncc3)C[C@H]12)c1ccncc1.O=C(O)C(F)(F)F.O=C(O)C(F)(F)F. The number of amides is 1. The molecule has 0 spiro atoms. The molecule has 9 nitrogen and oxygen atoms in total. The third-order valence-electron chi connectivity index (χ3n) is 6.47. The number of carboxylic acid groups (broad SMARTS) is 2. The summed E-state index contributed by atoms with van der Waals surface area (Å²) in [5.41, 5.74) is 4.58. The van der Waals surface area contributed by atoms with Crippen molar-refractivity contribution in [1.82, 2.24) is 20.2 Å². The van der Waals surface area contributed by atoms with Gasteiger partial charge in [0.1, 0.15) is 0 Å². The predicted octanol–water partition coefficient (Wildman–Crippen LogP) is 4.44. The zero-order valence-electron chi connectivity index (χ0n) is 21.5. The van der Waals surface area contributed by atoms with Gasteiger partial charge in [-0.25, -0.2) is 9.59 Å². The van der Waals surface area contributed by atoms with E-state index in [1.165, 1.54) is 16.7 Å². The minimum absolute atomic E-state index is 0.0320.